The number of ether oxygens (including phenoxy) is 1. The van der Waals surface area contributed by atoms with Crippen LogP contribution in [0.25, 0.3) is 0 Å². The molecule has 2 rings (SSSR count). The molecule has 3 nitrogen and oxygen atoms in total. The smallest absolute Gasteiger partial charge is 0.315 e. The van der Waals surface area contributed by atoms with E-state index in [1.165, 1.54) is 0 Å². The van der Waals surface area contributed by atoms with E-state index in [0.717, 1.165) is 5.57 Å². The second-order valence-electron chi connectivity index (χ2n) is 4.45. The molecule has 1 saturated carbocycles. The second-order valence-corrected chi connectivity index (χ2v) is 4.45. The number of Topliss-reactive ketones (excluding diaryl/α,β-unsaturated/α-hetero) is 1. The van der Waals surface area contributed by atoms with E-state index in [-0.39, 0.29) is 35.4 Å². The number of cyclic esters (lactones) is 1. The van der Waals surface area contributed by atoms with Crippen molar-refractivity contribution in [1.82, 2.24) is 0 Å². The van der Waals surface area contributed by atoms with Crippen LogP contribution in [0.3, 0.4) is 0 Å². The van der Waals surface area contributed by atoms with Gasteiger partial charge in [0.25, 0.3) is 0 Å². The first kappa shape index (κ1) is 10.1. The van der Waals surface area contributed by atoms with Crippen LogP contribution >= 0.6 is 0 Å². The van der Waals surface area contributed by atoms with Crippen LogP contribution in [0.2, 0.25) is 0 Å². The van der Waals surface area contributed by atoms with E-state index in [0.29, 0.717) is 5.76 Å². The summed E-state index contributed by atoms with van der Waals surface area (Å²) < 4.78 is 4.98. The van der Waals surface area contributed by atoms with Gasteiger partial charge < -0.3 is 4.74 Å². The van der Waals surface area contributed by atoms with E-state index in [9.17, 15) is 9.59 Å². The van der Waals surface area contributed by atoms with Gasteiger partial charge in [0.2, 0.25) is 0 Å². The molecule has 2 aliphatic rings. The van der Waals surface area contributed by atoms with Gasteiger partial charge in [-0.05, 0) is 13.8 Å². The number of carbonyl (C=O) groups excluding carboxylic acids is 2. The van der Waals surface area contributed by atoms with Crippen molar-refractivity contribution >= 4 is 11.8 Å². The predicted molar refractivity (Wildman–Crippen MR) is 54.7 cm³/mol. The molecule has 1 saturated heterocycles. The van der Waals surface area contributed by atoms with Crippen molar-refractivity contribution in [3.63, 3.8) is 0 Å². The zero-order chi connectivity index (χ0) is 11.3. The summed E-state index contributed by atoms with van der Waals surface area (Å²) in [5, 5.41) is 0. The first-order valence-electron chi connectivity index (χ1n) is 5.01. The Hall–Kier alpha value is -1.38. The lowest BCUT2D eigenvalue weighted by atomic mass is 9.54. The summed E-state index contributed by atoms with van der Waals surface area (Å²) >= 11 is 0. The molecule has 80 valence electrons. The highest BCUT2D eigenvalue weighted by atomic mass is 16.5. The molecule has 4 atom stereocenters. The maximum Gasteiger partial charge on any atom is 0.315 e. The standard InChI is InChI=1S/C12H14O3/c1-5(2)8-9(6(3)13)10-7(4)15-12(14)11(8)10/h8-11H,1,4H2,2-3H3. The Kier molecular flexibility index (Phi) is 2.07. The maximum absolute atomic E-state index is 11.5. The van der Waals surface area contributed by atoms with Crippen molar-refractivity contribution in [2.75, 3.05) is 0 Å². The summed E-state index contributed by atoms with van der Waals surface area (Å²) in [6.45, 7) is 10.9. The van der Waals surface area contributed by atoms with Crippen molar-refractivity contribution in [3.8, 4) is 0 Å². The molecule has 0 aromatic heterocycles. The lowest BCUT2D eigenvalue weighted by molar-refractivity contribution is -0.146. The van der Waals surface area contributed by atoms with E-state index >= 15 is 0 Å². The Morgan fingerprint density at radius 2 is 1.87 bits per heavy atom. The normalized spacial score (nSPS) is 38.0. The number of fused-ring (bicyclic) bond motifs is 1. The molecule has 1 aliphatic heterocycles. The fourth-order valence-electron chi connectivity index (χ4n) is 2.83. The number of carbonyl (C=O) groups is 2. The van der Waals surface area contributed by atoms with E-state index in [1.807, 2.05) is 6.92 Å². The molecule has 0 N–H and O–H groups in total. The molecule has 4 unspecified atom stereocenters. The largest absolute Gasteiger partial charge is 0.431 e. The van der Waals surface area contributed by atoms with Gasteiger partial charge >= 0.3 is 5.97 Å². The van der Waals surface area contributed by atoms with Crippen LogP contribution < -0.4 is 0 Å². The van der Waals surface area contributed by atoms with E-state index in [4.69, 9.17) is 4.74 Å². The van der Waals surface area contributed by atoms with Gasteiger partial charge in [0.15, 0.2) is 0 Å². The summed E-state index contributed by atoms with van der Waals surface area (Å²) in [5.74, 6) is -0.270. The molecule has 0 bridgehead atoms. The molecule has 1 heterocycles. The molecule has 0 spiro atoms. The van der Waals surface area contributed by atoms with Crippen LogP contribution in [0.1, 0.15) is 13.8 Å². The molecule has 0 aromatic carbocycles. The fourth-order valence-corrected chi connectivity index (χ4v) is 2.83. The van der Waals surface area contributed by atoms with Gasteiger partial charge in [-0.2, -0.15) is 0 Å². The van der Waals surface area contributed by atoms with Crippen LogP contribution in [-0.2, 0) is 14.3 Å². The average Bonchev–Trinajstić information content (AvgIpc) is 2.19. The first-order chi connectivity index (χ1) is 6.95. The molecule has 15 heavy (non-hydrogen) atoms. The van der Waals surface area contributed by atoms with Gasteiger partial charge in [0, 0.05) is 17.8 Å². The third-order valence-electron chi connectivity index (χ3n) is 3.46. The minimum atomic E-state index is -0.254. The summed E-state index contributed by atoms with van der Waals surface area (Å²) in [7, 11) is 0. The molecule has 1 aliphatic carbocycles. The summed E-state index contributed by atoms with van der Waals surface area (Å²) in [6.07, 6.45) is 0. The summed E-state index contributed by atoms with van der Waals surface area (Å²) in [6, 6.07) is 0. The van der Waals surface area contributed by atoms with Gasteiger partial charge in [-0.3, -0.25) is 9.59 Å². The van der Waals surface area contributed by atoms with Crippen LogP contribution in [0.4, 0.5) is 0 Å². The van der Waals surface area contributed by atoms with Crippen LogP contribution in [0, 0.1) is 23.7 Å². The SMILES string of the molecule is C=C(C)C1C(C(C)=O)C2C(=C)OC(=O)C12. The van der Waals surface area contributed by atoms with Crippen LogP contribution in [-0.4, -0.2) is 11.8 Å². The van der Waals surface area contributed by atoms with Crippen LogP contribution in [0.5, 0.6) is 0 Å². The topological polar surface area (TPSA) is 43.4 Å². The molecule has 3 heteroatoms. The zero-order valence-corrected chi connectivity index (χ0v) is 8.95. The Morgan fingerprint density at radius 1 is 1.27 bits per heavy atom. The molecule has 0 radical (unpaired) electrons. The quantitative estimate of drug-likeness (QED) is 0.510. The maximum atomic E-state index is 11.5. The molecular formula is C12H14O3. The van der Waals surface area contributed by atoms with Crippen molar-refractivity contribution in [3.05, 3.63) is 24.5 Å². The van der Waals surface area contributed by atoms with Gasteiger partial charge in [-0.25, -0.2) is 0 Å². The lowest BCUT2D eigenvalue weighted by Crippen LogP contribution is -2.50. The van der Waals surface area contributed by atoms with Gasteiger partial charge in [0.1, 0.15) is 11.5 Å². The van der Waals surface area contributed by atoms with Crippen molar-refractivity contribution in [2.24, 2.45) is 23.7 Å². The number of hydrogen-bond donors (Lipinski definition) is 0. The monoisotopic (exact) mass is 206 g/mol. The van der Waals surface area contributed by atoms with Gasteiger partial charge in [0.05, 0.1) is 5.92 Å². The Bertz CT molecular complexity index is 344. The Labute approximate surface area is 88.8 Å². The van der Waals surface area contributed by atoms with Crippen LogP contribution in [0.15, 0.2) is 24.5 Å². The molecular weight excluding hydrogens is 192 g/mol. The van der Waals surface area contributed by atoms with Gasteiger partial charge in [-0.1, -0.05) is 18.7 Å². The number of ketones is 1. The number of rotatable bonds is 2. The third-order valence-corrected chi connectivity index (χ3v) is 3.46. The van der Waals surface area contributed by atoms with Crippen molar-refractivity contribution in [1.29, 1.82) is 0 Å². The third kappa shape index (κ3) is 1.19. The number of esters is 1. The van der Waals surface area contributed by atoms with E-state index in [2.05, 4.69) is 13.2 Å². The van der Waals surface area contributed by atoms with E-state index in [1.54, 1.807) is 6.92 Å². The molecule has 0 amide bonds. The highest BCUT2D eigenvalue weighted by molar-refractivity contribution is 5.88. The average molecular weight is 206 g/mol. The number of allylic oxidation sites excluding steroid dienone is 2. The number of hydrogen-bond acceptors (Lipinski definition) is 3. The summed E-state index contributed by atoms with van der Waals surface area (Å²) in [4.78, 5) is 23.0. The fraction of sp³-hybridized carbons (Fsp3) is 0.500. The Morgan fingerprint density at radius 3 is 2.33 bits per heavy atom. The molecule has 2 fully saturated rings. The highest BCUT2D eigenvalue weighted by Gasteiger charge is 2.62. The summed E-state index contributed by atoms with van der Waals surface area (Å²) in [5.41, 5.74) is 0.878. The zero-order valence-electron chi connectivity index (χ0n) is 8.95. The molecule has 0 aromatic rings. The van der Waals surface area contributed by atoms with E-state index < -0.39 is 0 Å². The Balaban J connectivity index is 2.34. The van der Waals surface area contributed by atoms with Crippen molar-refractivity contribution < 1.29 is 14.3 Å². The lowest BCUT2D eigenvalue weighted by Gasteiger charge is -2.44. The minimum absolute atomic E-state index is 0.0563. The van der Waals surface area contributed by atoms with Gasteiger partial charge in [-0.15, -0.1) is 0 Å². The minimum Gasteiger partial charge on any atom is -0.431 e. The first-order valence-corrected chi connectivity index (χ1v) is 5.01. The predicted octanol–water partition coefficient (Wildman–Crippen LogP) is 1.70. The van der Waals surface area contributed by atoms with Crippen molar-refractivity contribution in [2.45, 2.75) is 13.8 Å². The highest BCUT2D eigenvalue weighted by Crippen LogP contribution is 2.57. The second kappa shape index (κ2) is 3.05.